The Balaban J connectivity index is 2.01. The predicted octanol–water partition coefficient (Wildman–Crippen LogP) is 3.79. The lowest BCUT2D eigenvalue weighted by molar-refractivity contribution is 0.622. The first-order valence-corrected chi connectivity index (χ1v) is 6.52. The third-order valence-electron chi connectivity index (χ3n) is 2.72. The van der Waals surface area contributed by atoms with Crippen LogP contribution in [0.1, 0.15) is 12.0 Å². The Hall–Kier alpha value is -1.25. The number of halogens is 2. The molecule has 18 heavy (non-hydrogen) atoms. The van der Waals surface area contributed by atoms with Crippen LogP contribution in [0, 0.1) is 0 Å². The van der Waals surface area contributed by atoms with Gasteiger partial charge in [-0.3, -0.25) is 4.79 Å². The van der Waals surface area contributed by atoms with Crippen LogP contribution < -0.4 is 5.56 Å². The van der Waals surface area contributed by atoms with Crippen LogP contribution in [0.2, 0.25) is 10.0 Å². The Labute approximate surface area is 116 Å². The van der Waals surface area contributed by atoms with Crippen molar-refractivity contribution < 1.29 is 0 Å². The largest absolute Gasteiger partial charge is 0.313 e. The highest BCUT2D eigenvalue weighted by molar-refractivity contribution is 6.34. The highest BCUT2D eigenvalue weighted by Crippen LogP contribution is 2.12. The Bertz CT molecular complexity index is 578. The SMILES string of the molecule is O=c1c(Cl)cc(Cl)cn1CCCc1ccccc1. The first kappa shape index (κ1) is 13.2. The van der Waals surface area contributed by atoms with E-state index in [-0.39, 0.29) is 10.6 Å². The molecule has 2 rings (SSSR count). The summed E-state index contributed by atoms with van der Waals surface area (Å²) in [7, 11) is 0. The Morgan fingerprint density at radius 1 is 1.11 bits per heavy atom. The van der Waals surface area contributed by atoms with Crippen molar-refractivity contribution in [1.82, 2.24) is 4.57 Å². The van der Waals surface area contributed by atoms with Gasteiger partial charge in [0.1, 0.15) is 5.02 Å². The molecule has 1 aromatic heterocycles. The number of nitrogens with zero attached hydrogens (tertiary/aromatic N) is 1. The van der Waals surface area contributed by atoms with Gasteiger partial charge in [-0.1, -0.05) is 53.5 Å². The maximum absolute atomic E-state index is 11.7. The van der Waals surface area contributed by atoms with Crippen molar-refractivity contribution in [3.05, 3.63) is 68.6 Å². The van der Waals surface area contributed by atoms with Crippen LogP contribution in [0.25, 0.3) is 0 Å². The van der Waals surface area contributed by atoms with E-state index >= 15 is 0 Å². The average Bonchev–Trinajstić information content (AvgIpc) is 2.36. The normalized spacial score (nSPS) is 10.6. The van der Waals surface area contributed by atoms with Crippen LogP contribution in [0.15, 0.2) is 47.4 Å². The average molecular weight is 282 g/mol. The van der Waals surface area contributed by atoms with Gasteiger partial charge < -0.3 is 4.57 Å². The molecule has 2 aromatic rings. The van der Waals surface area contributed by atoms with Crippen LogP contribution in [0.4, 0.5) is 0 Å². The van der Waals surface area contributed by atoms with Gasteiger partial charge in [-0.05, 0) is 24.5 Å². The summed E-state index contributed by atoms with van der Waals surface area (Å²) in [4.78, 5) is 11.7. The molecule has 0 amide bonds. The summed E-state index contributed by atoms with van der Waals surface area (Å²) in [5.41, 5.74) is 1.08. The first-order valence-electron chi connectivity index (χ1n) is 5.76. The molecule has 1 heterocycles. The number of aromatic nitrogens is 1. The molecular formula is C14H13Cl2NO. The van der Waals surface area contributed by atoms with E-state index in [0.717, 1.165) is 12.8 Å². The maximum atomic E-state index is 11.7. The molecule has 0 aliphatic rings. The molecule has 0 atom stereocenters. The third-order valence-corrected chi connectivity index (χ3v) is 3.19. The molecule has 0 bridgehead atoms. The third kappa shape index (κ3) is 3.37. The smallest absolute Gasteiger partial charge is 0.269 e. The monoisotopic (exact) mass is 281 g/mol. The molecule has 0 spiro atoms. The molecule has 94 valence electrons. The van der Waals surface area contributed by atoms with Crippen LogP contribution in [-0.4, -0.2) is 4.57 Å². The molecule has 0 unspecified atom stereocenters. The van der Waals surface area contributed by atoms with Gasteiger partial charge in [0.25, 0.3) is 5.56 Å². The fourth-order valence-corrected chi connectivity index (χ4v) is 2.34. The Morgan fingerprint density at radius 2 is 1.83 bits per heavy atom. The molecule has 2 nitrogen and oxygen atoms in total. The first-order chi connectivity index (χ1) is 8.66. The molecule has 0 saturated heterocycles. The number of aryl methyl sites for hydroxylation is 2. The molecule has 1 aromatic carbocycles. The van der Waals surface area contributed by atoms with E-state index < -0.39 is 0 Å². The molecule has 0 radical (unpaired) electrons. The van der Waals surface area contributed by atoms with Gasteiger partial charge in [-0.2, -0.15) is 0 Å². The van der Waals surface area contributed by atoms with Crippen molar-refractivity contribution in [2.24, 2.45) is 0 Å². The van der Waals surface area contributed by atoms with E-state index in [9.17, 15) is 4.79 Å². The quantitative estimate of drug-likeness (QED) is 0.836. The summed E-state index contributed by atoms with van der Waals surface area (Å²) in [6, 6.07) is 11.6. The van der Waals surface area contributed by atoms with Gasteiger partial charge in [0.05, 0.1) is 5.02 Å². The van der Waals surface area contributed by atoms with E-state index in [1.807, 2.05) is 18.2 Å². The zero-order valence-corrected chi connectivity index (χ0v) is 11.3. The van der Waals surface area contributed by atoms with E-state index in [1.54, 1.807) is 10.8 Å². The van der Waals surface area contributed by atoms with E-state index in [0.29, 0.717) is 11.6 Å². The summed E-state index contributed by atoms with van der Waals surface area (Å²) in [6.07, 6.45) is 3.43. The van der Waals surface area contributed by atoms with E-state index in [2.05, 4.69) is 12.1 Å². The summed E-state index contributed by atoms with van der Waals surface area (Å²) in [5, 5.41) is 0.654. The zero-order valence-electron chi connectivity index (χ0n) is 9.77. The van der Waals surface area contributed by atoms with Crippen molar-refractivity contribution in [1.29, 1.82) is 0 Å². The number of hydrogen-bond acceptors (Lipinski definition) is 1. The van der Waals surface area contributed by atoms with Gasteiger partial charge in [-0.15, -0.1) is 0 Å². The Morgan fingerprint density at radius 3 is 2.56 bits per heavy atom. The fourth-order valence-electron chi connectivity index (χ4n) is 1.83. The number of benzene rings is 1. The van der Waals surface area contributed by atoms with Crippen molar-refractivity contribution >= 4 is 23.2 Å². The molecular weight excluding hydrogens is 269 g/mol. The molecule has 0 N–H and O–H groups in total. The van der Waals surface area contributed by atoms with Crippen molar-refractivity contribution in [2.75, 3.05) is 0 Å². The molecule has 0 aliphatic carbocycles. The van der Waals surface area contributed by atoms with Gasteiger partial charge in [-0.25, -0.2) is 0 Å². The lowest BCUT2D eigenvalue weighted by Gasteiger charge is -2.07. The topological polar surface area (TPSA) is 22.0 Å². The molecule has 0 aliphatic heterocycles. The minimum Gasteiger partial charge on any atom is -0.313 e. The van der Waals surface area contributed by atoms with Gasteiger partial charge in [0.15, 0.2) is 0 Å². The summed E-state index contributed by atoms with van der Waals surface area (Å²) >= 11 is 11.7. The minimum absolute atomic E-state index is 0.169. The van der Waals surface area contributed by atoms with E-state index in [1.165, 1.54) is 11.6 Å². The highest BCUT2D eigenvalue weighted by Gasteiger charge is 2.03. The van der Waals surface area contributed by atoms with Crippen LogP contribution in [0.3, 0.4) is 0 Å². The maximum Gasteiger partial charge on any atom is 0.269 e. The summed E-state index contributed by atoms with van der Waals surface area (Å²) in [5.74, 6) is 0. The van der Waals surface area contributed by atoms with Crippen LogP contribution >= 0.6 is 23.2 Å². The second-order valence-corrected chi connectivity index (χ2v) is 4.94. The zero-order chi connectivity index (χ0) is 13.0. The Kier molecular flexibility index (Phi) is 4.45. The number of pyridine rings is 1. The van der Waals surface area contributed by atoms with Gasteiger partial charge in [0.2, 0.25) is 0 Å². The van der Waals surface area contributed by atoms with Gasteiger partial charge in [0, 0.05) is 12.7 Å². The van der Waals surface area contributed by atoms with Crippen molar-refractivity contribution in [3.8, 4) is 0 Å². The fraction of sp³-hybridized carbons (Fsp3) is 0.214. The van der Waals surface area contributed by atoms with Crippen molar-refractivity contribution in [3.63, 3.8) is 0 Å². The molecule has 4 heteroatoms. The summed E-state index contributed by atoms with van der Waals surface area (Å²) < 4.78 is 1.56. The highest BCUT2D eigenvalue weighted by atomic mass is 35.5. The predicted molar refractivity (Wildman–Crippen MR) is 75.5 cm³/mol. The van der Waals surface area contributed by atoms with E-state index in [4.69, 9.17) is 23.2 Å². The lowest BCUT2D eigenvalue weighted by atomic mass is 10.1. The van der Waals surface area contributed by atoms with Crippen LogP contribution in [-0.2, 0) is 13.0 Å². The summed E-state index contributed by atoms with van der Waals surface area (Å²) in [6.45, 7) is 0.619. The van der Waals surface area contributed by atoms with Crippen molar-refractivity contribution in [2.45, 2.75) is 19.4 Å². The second kappa shape index (κ2) is 6.07. The minimum atomic E-state index is -0.186. The number of rotatable bonds is 4. The second-order valence-electron chi connectivity index (χ2n) is 4.09. The van der Waals surface area contributed by atoms with Gasteiger partial charge >= 0.3 is 0 Å². The van der Waals surface area contributed by atoms with Crippen LogP contribution in [0.5, 0.6) is 0 Å². The molecule has 0 saturated carbocycles. The molecule has 0 fully saturated rings. The lowest BCUT2D eigenvalue weighted by Crippen LogP contribution is -2.20. The standard InChI is InChI=1S/C14H13Cl2NO/c15-12-9-13(16)14(18)17(10-12)8-4-7-11-5-2-1-3-6-11/h1-3,5-6,9-10H,4,7-8H2. The number of hydrogen-bond donors (Lipinski definition) is 0.